The molecule has 0 radical (unpaired) electrons. The molecular weight excluding hydrogens is 397 g/mol. The van der Waals surface area contributed by atoms with E-state index in [1.807, 2.05) is 6.08 Å². The summed E-state index contributed by atoms with van der Waals surface area (Å²) in [5, 5.41) is 2.80. The highest BCUT2D eigenvalue weighted by atomic mass is 19.1. The van der Waals surface area contributed by atoms with Gasteiger partial charge in [0.25, 0.3) is 0 Å². The summed E-state index contributed by atoms with van der Waals surface area (Å²) in [6.07, 6.45) is 9.27. The normalized spacial score (nSPS) is 23.0. The van der Waals surface area contributed by atoms with E-state index in [1.165, 1.54) is 12.1 Å². The van der Waals surface area contributed by atoms with Crippen LogP contribution in [-0.2, 0) is 9.59 Å². The van der Waals surface area contributed by atoms with Gasteiger partial charge < -0.3 is 16.0 Å². The van der Waals surface area contributed by atoms with Crippen molar-refractivity contribution in [1.82, 2.24) is 10.2 Å². The van der Waals surface area contributed by atoms with Gasteiger partial charge in [-0.2, -0.15) is 0 Å². The van der Waals surface area contributed by atoms with E-state index in [9.17, 15) is 18.8 Å². The maximum Gasteiger partial charge on any atom is 0.227 e. The van der Waals surface area contributed by atoms with Gasteiger partial charge in [-0.1, -0.05) is 18.9 Å². The largest absolute Gasteiger partial charge is 0.369 e. The summed E-state index contributed by atoms with van der Waals surface area (Å²) in [5.74, 6) is -1.44. The fourth-order valence-corrected chi connectivity index (χ4v) is 4.64. The first kappa shape index (κ1) is 23.1. The third-order valence-corrected chi connectivity index (χ3v) is 6.51. The van der Waals surface area contributed by atoms with Crippen molar-refractivity contribution in [3.8, 4) is 0 Å². The lowest BCUT2D eigenvalue weighted by molar-refractivity contribution is -0.134. The number of halogens is 1. The second-order valence-corrected chi connectivity index (χ2v) is 8.59. The van der Waals surface area contributed by atoms with E-state index in [0.29, 0.717) is 18.4 Å². The van der Waals surface area contributed by atoms with Crippen LogP contribution in [0.4, 0.5) is 4.39 Å². The van der Waals surface area contributed by atoms with Gasteiger partial charge in [-0.25, -0.2) is 4.39 Å². The van der Waals surface area contributed by atoms with Crippen LogP contribution in [0.25, 0.3) is 0 Å². The average Bonchev–Trinajstić information content (AvgIpc) is 2.79. The van der Waals surface area contributed by atoms with Gasteiger partial charge in [-0.15, -0.1) is 0 Å². The van der Waals surface area contributed by atoms with Crippen molar-refractivity contribution in [3.63, 3.8) is 0 Å². The molecule has 3 rings (SSSR count). The lowest BCUT2D eigenvalue weighted by Gasteiger charge is -2.31. The standard InChI is InChI=1S/C24H32FN3O3/c25-19-9-7-17(8-10-19)22(29)18-11-15-28(16-12-18)14-4-3-13-27-24(31)21-6-2-1-5-20(21)23(26)30/h3,7-10,13,18,20-21H,1-2,4-6,11-12,14-16H2,(H2,26,30)(H,27,31). The molecule has 1 aromatic carbocycles. The number of Topliss-reactive ketones (excluding diaryl/α,β-unsaturated/α-hetero) is 1. The van der Waals surface area contributed by atoms with Crippen LogP contribution >= 0.6 is 0 Å². The molecule has 2 aliphatic rings. The monoisotopic (exact) mass is 429 g/mol. The Kier molecular flexibility index (Phi) is 8.35. The molecule has 2 fully saturated rings. The van der Waals surface area contributed by atoms with Gasteiger partial charge in [0.1, 0.15) is 5.82 Å². The van der Waals surface area contributed by atoms with E-state index in [1.54, 1.807) is 18.3 Å². The lowest BCUT2D eigenvalue weighted by Crippen LogP contribution is -2.40. The van der Waals surface area contributed by atoms with Crippen molar-refractivity contribution in [2.45, 2.75) is 44.9 Å². The number of primary amides is 1. The molecule has 1 saturated carbocycles. The molecule has 1 aliphatic heterocycles. The molecule has 31 heavy (non-hydrogen) atoms. The third-order valence-electron chi connectivity index (χ3n) is 6.51. The van der Waals surface area contributed by atoms with Gasteiger partial charge in [-0.05, 0) is 75.7 Å². The van der Waals surface area contributed by atoms with Crippen LogP contribution in [0.1, 0.15) is 55.3 Å². The number of amides is 2. The second-order valence-electron chi connectivity index (χ2n) is 8.59. The third kappa shape index (κ3) is 6.47. The molecule has 1 aliphatic carbocycles. The van der Waals surface area contributed by atoms with Crippen LogP contribution in [0.2, 0.25) is 0 Å². The summed E-state index contributed by atoms with van der Waals surface area (Å²) in [5.41, 5.74) is 6.02. The number of nitrogens with zero attached hydrogens (tertiary/aromatic N) is 1. The van der Waals surface area contributed by atoms with Crippen LogP contribution in [0.3, 0.4) is 0 Å². The van der Waals surface area contributed by atoms with E-state index in [2.05, 4.69) is 10.2 Å². The number of benzene rings is 1. The summed E-state index contributed by atoms with van der Waals surface area (Å²) in [6, 6.07) is 5.77. The number of likely N-dealkylation sites (tertiary alicyclic amines) is 1. The highest BCUT2D eigenvalue weighted by molar-refractivity contribution is 5.97. The molecule has 1 aromatic rings. The van der Waals surface area contributed by atoms with Crippen LogP contribution in [0.5, 0.6) is 0 Å². The minimum Gasteiger partial charge on any atom is -0.369 e. The molecule has 2 amide bonds. The molecule has 0 aromatic heterocycles. The Labute approximate surface area is 183 Å². The zero-order chi connectivity index (χ0) is 22.2. The zero-order valence-corrected chi connectivity index (χ0v) is 17.9. The Balaban J connectivity index is 1.35. The number of nitrogens with two attached hydrogens (primary N) is 1. The van der Waals surface area contributed by atoms with Gasteiger partial charge in [0.2, 0.25) is 11.8 Å². The number of carbonyl (C=O) groups excluding carboxylic acids is 3. The number of nitrogens with one attached hydrogen (secondary N) is 1. The lowest BCUT2D eigenvalue weighted by atomic mass is 9.78. The van der Waals surface area contributed by atoms with Crippen molar-refractivity contribution in [2.24, 2.45) is 23.5 Å². The van der Waals surface area contributed by atoms with Crippen molar-refractivity contribution < 1.29 is 18.8 Å². The summed E-state index contributed by atoms with van der Waals surface area (Å²) in [7, 11) is 0. The molecule has 3 N–H and O–H groups in total. The number of ketones is 1. The number of hydrogen-bond acceptors (Lipinski definition) is 4. The second kappa shape index (κ2) is 11.2. The average molecular weight is 430 g/mol. The minimum absolute atomic E-state index is 0.00904. The molecule has 0 spiro atoms. The van der Waals surface area contributed by atoms with Gasteiger partial charge in [-0.3, -0.25) is 14.4 Å². The number of carbonyl (C=O) groups is 3. The summed E-state index contributed by atoms with van der Waals surface area (Å²) in [6.45, 7) is 2.55. The Morgan fingerprint density at radius 2 is 1.68 bits per heavy atom. The molecule has 2 atom stereocenters. The highest BCUT2D eigenvalue weighted by Crippen LogP contribution is 2.30. The van der Waals surface area contributed by atoms with E-state index < -0.39 is 0 Å². The first-order valence-electron chi connectivity index (χ1n) is 11.2. The van der Waals surface area contributed by atoms with E-state index in [0.717, 1.165) is 51.7 Å². The van der Waals surface area contributed by atoms with E-state index in [4.69, 9.17) is 5.73 Å². The molecule has 168 valence electrons. The summed E-state index contributed by atoms with van der Waals surface area (Å²) >= 11 is 0. The minimum atomic E-state index is -0.384. The van der Waals surface area contributed by atoms with Crippen LogP contribution < -0.4 is 11.1 Å². The Morgan fingerprint density at radius 3 is 2.32 bits per heavy atom. The number of rotatable bonds is 8. The first-order valence-corrected chi connectivity index (χ1v) is 11.2. The molecule has 2 unspecified atom stereocenters. The van der Waals surface area contributed by atoms with E-state index in [-0.39, 0.29) is 41.2 Å². The van der Waals surface area contributed by atoms with Gasteiger partial charge in [0, 0.05) is 29.9 Å². The topological polar surface area (TPSA) is 92.5 Å². The van der Waals surface area contributed by atoms with Gasteiger partial charge in [0.15, 0.2) is 5.78 Å². The molecule has 1 saturated heterocycles. The Morgan fingerprint density at radius 1 is 1.03 bits per heavy atom. The van der Waals surface area contributed by atoms with Crippen molar-refractivity contribution in [2.75, 3.05) is 19.6 Å². The fraction of sp³-hybridized carbons (Fsp3) is 0.542. The molecule has 7 heteroatoms. The predicted octanol–water partition coefficient (Wildman–Crippen LogP) is 3.03. The smallest absolute Gasteiger partial charge is 0.227 e. The van der Waals surface area contributed by atoms with Crippen molar-refractivity contribution >= 4 is 17.6 Å². The number of piperidine rings is 1. The Bertz CT molecular complexity index is 801. The van der Waals surface area contributed by atoms with Gasteiger partial charge in [0.05, 0.1) is 0 Å². The first-order chi connectivity index (χ1) is 15.0. The summed E-state index contributed by atoms with van der Waals surface area (Å²) < 4.78 is 13.0. The molecule has 6 nitrogen and oxygen atoms in total. The van der Waals surface area contributed by atoms with Crippen LogP contribution in [-0.4, -0.2) is 42.1 Å². The maximum absolute atomic E-state index is 13.0. The SMILES string of the molecule is NC(=O)C1CCCCC1C(=O)NC=CCCN1CCC(C(=O)c2ccc(F)cc2)CC1. The Hall–Kier alpha value is -2.54. The molecular formula is C24H32FN3O3. The molecule has 0 bridgehead atoms. The maximum atomic E-state index is 13.0. The number of hydrogen-bond donors (Lipinski definition) is 2. The van der Waals surface area contributed by atoms with Crippen molar-refractivity contribution in [1.29, 1.82) is 0 Å². The highest BCUT2D eigenvalue weighted by Gasteiger charge is 2.34. The quantitative estimate of drug-likeness (QED) is 0.622. The predicted molar refractivity (Wildman–Crippen MR) is 116 cm³/mol. The van der Waals surface area contributed by atoms with Crippen molar-refractivity contribution in [3.05, 3.63) is 47.9 Å². The fourth-order valence-electron chi connectivity index (χ4n) is 4.64. The van der Waals surface area contributed by atoms with Gasteiger partial charge >= 0.3 is 0 Å². The zero-order valence-electron chi connectivity index (χ0n) is 17.9. The van der Waals surface area contributed by atoms with Crippen LogP contribution in [0, 0.1) is 23.6 Å². The van der Waals surface area contributed by atoms with Crippen LogP contribution in [0.15, 0.2) is 36.5 Å². The van der Waals surface area contributed by atoms with E-state index >= 15 is 0 Å². The summed E-state index contributed by atoms with van der Waals surface area (Å²) in [4.78, 5) is 38.8. The molecule has 1 heterocycles.